The molecular formula is C39H37N7O8. The highest BCUT2D eigenvalue weighted by Gasteiger charge is 2.25. The van der Waals surface area contributed by atoms with Crippen LogP contribution in [0.5, 0.6) is 11.8 Å². The van der Waals surface area contributed by atoms with Crippen LogP contribution in [-0.4, -0.2) is 44.5 Å². The van der Waals surface area contributed by atoms with Gasteiger partial charge in [0.1, 0.15) is 23.0 Å². The van der Waals surface area contributed by atoms with Crippen LogP contribution < -0.4 is 11.1 Å². The third kappa shape index (κ3) is 7.95. The number of hydrogen-bond donors (Lipinski definition) is 2. The Labute approximate surface area is 309 Å². The second-order valence-corrected chi connectivity index (χ2v) is 12.8. The molecule has 2 aromatic carbocycles. The summed E-state index contributed by atoms with van der Waals surface area (Å²) in [6, 6.07) is 14.7. The average molecular weight is 732 g/mol. The van der Waals surface area contributed by atoms with E-state index >= 15 is 0 Å². The van der Waals surface area contributed by atoms with Gasteiger partial charge in [0.25, 0.3) is 11.1 Å². The number of aromatic hydroxyl groups is 2. The van der Waals surface area contributed by atoms with Gasteiger partial charge in [-0.2, -0.15) is 5.26 Å². The van der Waals surface area contributed by atoms with Crippen LogP contribution in [0.3, 0.4) is 0 Å². The quantitative estimate of drug-likeness (QED) is 0.102. The summed E-state index contributed by atoms with van der Waals surface area (Å²) in [7, 11) is 2.67. The van der Waals surface area contributed by atoms with Crippen molar-refractivity contribution < 1.29 is 29.3 Å². The van der Waals surface area contributed by atoms with Crippen molar-refractivity contribution in [3.63, 3.8) is 0 Å². The van der Waals surface area contributed by atoms with Gasteiger partial charge in [-0.25, -0.2) is 9.59 Å². The third-order valence-electron chi connectivity index (χ3n) is 9.44. The van der Waals surface area contributed by atoms with E-state index in [4.69, 9.17) is 15.9 Å². The number of carbonyl (C=O) groups is 2. The smallest absolute Gasteiger partial charge is 0.340 e. The molecule has 5 rings (SSSR count). The molecule has 0 spiro atoms. The van der Waals surface area contributed by atoms with Gasteiger partial charge in [0.15, 0.2) is 11.4 Å². The molecule has 0 amide bonds. The van der Waals surface area contributed by atoms with Crippen LogP contribution in [0.15, 0.2) is 78.6 Å². The first-order valence-electron chi connectivity index (χ1n) is 16.9. The molecule has 0 radical (unpaired) electrons. The highest BCUT2D eigenvalue weighted by atomic mass is 16.5. The summed E-state index contributed by atoms with van der Waals surface area (Å²) in [5.74, 6) is 0.509. The SMILES string of the molecule is C#Cc1c(C)c(N=Nc2ccccc2C(=O)OCC2CCC(COC(=O)c3ccccc3N=Nc3c(C)c(C#N)c(O)n(C)c3=O)CC2)c(=O)n(C)c1O. The van der Waals surface area contributed by atoms with Gasteiger partial charge in [-0.1, -0.05) is 30.2 Å². The predicted octanol–water partition coefficient (Wildman–Crippen LogP) is 6.62. The lowest BCUT2D eigenvalue weighted by atomic mass is 9.83. The Morgan fingerprint density at radius 2 is 1.13 bits per heavy atom. The minimum absolute atomic E-state index is 0.0616. The predicted molar refractivity (Wildman–Crippen MR) is 196 cm³/mol. The summed E-state index contributed by atoms with van der Waals surface area (Å²) < 4.78 is 13.2. The molecule has 4 aromatic rings. The maximum absolute atomic E-state index is 13.1. The molecule has 0 aliphatic heterocycles. The van der Waals surface area contributed by atoms with E-state index in [1.807, 2.05) is 6.07 Å². The Morgan fingerprint density at radius 1 is 0.741 bits per heavy atom. The fraction of sp³-hybridized carbons (Fsp3) is 0.308. The summed E-state index contributed by atoms with van der Waals surface area (Å²) >= 11 is 0. The number of pyridine rings is 2. The van der Waals surface area contributed by atoms with Gasteiger partial charge in [0.05, 0.1) is 29.9 Å². The van der Waals surface area contributed by atoms with E-state index in [9.17, 15) is 34.7 Å². The van der Waals surface area contributed by atoms with E-state index in [1.165, 1.54) is 27.1 Å². The topological polar surface area (TPSA) is 210 Å². The van der Waals surface area contributed by atoms with E-state index in [-0.39, 0.29) is 87.1 Å². The lowest BCUT2D eigenvalue weighted by Crippen LogP contribution is -2.24. The summed E-state index contributed by atoms with van der Waals surface area (Å²) in [5.41, 5.74) is -0.317. The Morgan fingerprint density at radius 3 is 1.54 bits per heavy atom. The highest BCUT2D eigenvalue weighted by Crippen LogP contribution is 2.32. The molecule has 0 unspecified atom stereocenters. The summed E-state index contributed by atoms with van der Waals surface area (Å²) in [6.45, 7) is 3.38. The highest BCUT2D eigenvalue weighted by molar-refractivity contribution is 5.95. The van der Waals surface area contributed by atoms with Crippen molar-refractivity contribution in [1.29, 1.82) is 5.26 Å². The summed E-state index contributed by atoms with van der Waals surface area (Å²) in [4.78, 5) is 51.6. The van der Waals surface area contributed by atoms with Gasteiger partial charge in [0.2, 0.25) is 11.8 Å². The number of ether oxygens (including phenoxy) is 2. The van der Waals surface area contributed by atoms with Crippen LogP contribution in [0, 0.1) is 49.4 Å². The zero-order valence-corrected chi connectivity index (χ0v) is 30.1. The number of azo groups is 2. The first-order chi connectivity index (χ1) is 25.9. The molecule has 2 aromatic heterocycles. The Balaban J connectivity index is 1.15. The van der Waals surface area contributed by atoms with Crippen LogP contribution in [0.4, 0.5) is 22.7 Å². The molecule has 1 aliphatic rings. The van der Waals surface area contributed by atoms with E-state index in [2.05, 4.69) is 26.4 Å². The molecule has 0 atom stereocenters. The lowest BCUT2D eigenvalue weighted by Gasteiger charge is -2.27. The fourth-order valence-corrected chi connectivity index (χ4v) is 6.06. The Kier molecular flexibility index (Phi) is 11.8. The molecule has 15 nitrogen and oxygen atoms in total. The number of carbonyl (C=O) groups excluding carboxylic acids is 2. The van der Waals surface area contributed by atoms with Gasteiger partial charge in [-0.3, -0.25) is 18.7 Å². The Bertz CT molecular complexity index is 2220. The van der Waals surface area contributed by atoms with Crippen LogP contribution >= 0.6 is 0 Å². The van der Waals surface area contributed by atoms with Gasteiger partial charge >= 0.3 is 11.9 Å². The molecular weight excluding hydrogens is 694 g/mol. The molecule has 2 N–H and O–H groups in total. The molecule has 1 aliphatic carbocycles. The molecule has 276 valence electrons. The second-order valence-electron chi connectivity index (χ2n) is 12.8. The van der Waals surface area contributed by atoms with Crippen LogP contribution in [0.1, 0.15) is 68.7 Å². The summed E-state index contributed by atoms with van der Waals surface area (Å²) in [5, 5.41) is 46.1. The van der Waals surface area contributed by atoms with Crippen molar-refractivity contribution in [1.82, 2.24) is 9.13 Å². The van der Waals surface area contributed by atoms with Gasteiger partial charge in [-0.05, 0) is 75.6 Å². The number of hydrogen-bond acceptors (Lipinski definition) is 13. The van der Waals surface area contributed by atoms with Crippen molar-refractivity contribution in [2.24, 2.45) is 46.4 Å². The van der Waals surface area contributed by atoms with Crippen molar-refractivity contribution >= 4 is 34.7 Å². The largest absolute Gasteiger partial charge is 0.493 e. The maximum Gasteiger partial charge on any atom is 0.340 e. The van der Waals surface area contributed by atoms with Gasteiger partial charge in [0, 0.05) is 25.2 Å². The van der Waals surface area contributed by atoms with Crippen LogP contribution in [-0.2, 0) is 23.6 Å². The molecule has 0 saturated heterocycles. The van der Waals surface area contributed by atoms with Crippen molar-refractivity contribution in [2.45, 2.75) is 39.5 Å². The second kappa shape index (κ2) is 16.6. The Hall–Kier alpha value is -6.87. The zero-order valence-electron chi connectivity index (χ0n) is 30.1. The number of rotatable bonds is 10. The molecule has 0 bridgehead atoms. The molecule has 2 heterocycles. The monoisotopic (exact) mass is 731 g/mol. The van der Waals surface area contributed by atoms with Crippen molar-refractivity contribution in [3.8, 4) is 30.2 Å². The van der Waals surface area contributed by atoms with Crippen molar-refractivity contribution in [3.05, 3.63) is 103 Å². The first-order valence-corrected chi connectivity index (χ1v) is 16.9. The lowest BCUT2D eigenvalue weighted by molar-refractivity contribution is 0.0298. The number of benzene rings is 2. The average Bonchev–Trinajstić information content (AvgIpc) is 3.18. The van der Waals surface area contributed by atoms with E-state index in [0.29, 0.717) is 0 Å². The van der Waals surface area contributed by atoms with E-state index in [1.54, 1.807) is 49.4 Å². The van der Waals surface area contributed by atoms with E-state index in [0.717, 1.165) is 34.8 Å². The molecule has 1 fully saturated rings. The standard InChI is InChI=1S/C39H37N7O8/c1-6-26-22(2)32(36(49)45(4)34(26)47)43-41-30-13-9-7-11-27(30)38(51)53-20-24-15-17-25(18-16-24)21-54-39(52)28-12-8-10-14-31(28)42-44-33-23(3)29(19-40)35(48)46(5)37(33)50/h1,7-14,24-25,47-48H,15-18,20-21H2,2-5H3. The first kappa shape index (κ1) is 38.4. The number of terminal acetylenes is 1. The molecule has 1 saturated carbocycles. The number of nitriles is 1. The number of nitrogens with zero attached hydrogens (tertiary/aromatic N) is 7. The van der Waals surface area contributed by atoms with Gasteiger partial charge < -0.3 is 19.7 Å². The van der Waals surface area contributed by atoms with Crippen LogP contribution in [0.25, 0.3) is 0 Å². The number of aromatic nitrogens is 2. The van der Waals surface area contributed by atoms with Crippen LogP contribution in [0.2, 0.25) is 0 Å². The number of esters is 2. The fourth-order valence-electron chi connectivity index (χ4n) is 6.06. The third-order valence-corrected chi connectivity index (χ3v) is 9.44. The minimum Gasteiger partial charge on any atom is -0.493 e. The molecule has 54 heavy (non-hydrogen) atoms. The zero-order chi connectivity index (χ0) is 39.1. The normalized spacial score (nSPS) is 15.5. The maximum atomic E-state index is 13.1. The summed E-state index contributed by atoms with van der Waals surface area (Å²) in [6.07, 6.45) is 8.48. The van der Waals surface area contributed by atoms with Gasteiger partial charge in [-0.15, -0.1) is 26.9 Å². The minimum atomic E-state index is -0.652. The van der Waals surface area contributed by atoms with Crippen molar-refractivity contribution in [2.75, 3.05) is 13.2 Å². The van der Waals surface area contributed by atoms with E-state index < -0.39 is 28.9 Å². The molecule has 15 heteroatoms.